The van der Waals surface area contributed by atoms with Crippen LogP contribution in [0.25, 0.3) is 0 Å². The minimum absolute atomic E-state index is 0.132. The molecule has 3 heterocycles. The Morgan fingerprint density at radius 1 is 1.12 bits per heavy atom. The monoisotopic (exact) mass is 486 g/mol. The molecule has 0 saturated carbocycles. The summed E-state index contributed by atoms with van der Waals surface area (Å²) in [5.41, 5.74) is 8.94. The van der Waals surface area contributed by atoms with Gasteiger partial charge in [0.2, 0.25) is 5.91 Å². The van der Waals surface area contributed by atoms with E-state index in [2.05, 4.69) is 21.2 Å². The summed E-state index contributed by atoms with van der Waals surface area (Å²) in [6.45, 7) is 5.33. The first-order chi connectivity index (χ1) is 16.5. The Hall–Kier alpha value is -2.25. The van der Waals surface area contributed by atoms with Gasteiger partial charge in [-0.15, -0.1) is 0 Å². The number of rotatable bonds is 5. The second kappa shape index (κ2) is 10.2. The lowest BCUT2D eigenvalue weighted by molar-refractivity contribution is -0.128. The van der Waals surface area contributed by atoms with Crippen LogP contribution in [-0.4, -0.2) is 67.0 Å². The van der Waals surface area contributed by atoms with E-state index in [-0.39, 0.29) is 17.9 Å². The lowest BCUT2D eigenvalue weighted by atomic mass is 9.94. The summed E-state index contributed by atoms with van der Waals surface area (Å²) >= 11 is 6.26. The number of allylic oxidation sites excluding steroid dienone is 1. The molecule has 0 unspecified atom stereocenters. The van der Waals surface area contributed by atoms with Crippen molar-refractivity contribution in [3.05, 3.63) is 33.9 Å². The smallest absolute Gasteiger partial charge is 0.255 e. The average molecular weight is 487 g/mol. The highest BCUT2D eigenvalue weighted by Gasteiger charge is 2.30. The van der Waals surface area contributed by atoms with Crippen LogP contribution < -0.4 is 15.8 Å². The van der Waals surface area contributed by atoms with Crippen LogP contribution in [0.3, 0.4) is 0 Å². The zero-order valence-electron chi connectivity index (χ0n) is 19.8. The second-order valence-corrected chi connectivity index (χ2v) is 10.5. The third kappa shape index (κ3) is 4.91. The molecule has 184 valence electrons. The maximum Gasteiger partial charge on any atom is 0.255 e. The number of hydrogen-bond donors (Lipinski definition) is 2. The van der Waals surface area contributed by atoms with Crippen molar-refractivity contribution in [2.45, 2.75) is 57.4 Å². The summed E-state index contributed by atoms with van der Waals surface area (Å²) in [6, 6.07) is 1.78. The van der Waals surface area contributed by atoms with Gasteiger partial charge in [-0.2, -0.15) is 0 Å². The van der Waals surface area contributed by atoms with Gasteiger partial charge >= 0.3 is 0 Å². The molecule has 0 radical (unpaired) electrons. The van der Waals surface area contributed by atoms with Gasteiger partial charge in [0.1, 0.15) is 5.75 Å². The van der Waals surface area contributed by atoms with E-state index in [1.54, 1.807) is 6.07 Å². The van der Waals surface area contributed by atoms with E-state index >= 15 is 0 Å². The normalized spacial score (nSPS) is 21.8. The van der Waals surface area contributed by atoms with Crippen molar-refractivity contribution in [2.24, 2.45) is 5.92 Å². The highest BCUT2D eigenvalue weighted by atomic mass is 35.5. The molecule has 8 heteroatoms. The molecule has 34 heavy (non-hydrogen) atoms. The number of benzene rings is 1. The van der Waals surface area contributed by atoms with E-state index in [9.17, 15) is 9.59 Å². The molecule has 2 saturated heterocycles. The number of nitrogens with zero attached hydrogens (tertiary/aromatic N) is 2. The molecule has 3 aliphatic heterocycles. The van der Waals surface area contributed by atoms with Crippen LogP contribution in [0.1, 0.15) is 60.9 Å². The summed E-state index contributed by atoms with van der Waals surface area (Å²) in [5.74, 6) is 1.37. The number of likely N-dealkylation sites (tertiary alicyclic amines) is 2. The number of nitrogen functional groups attached to an aromatic ring is 1. The van der Waals surface area contributed by atoms with Crippen molar-refractivity contribution in [1.82, 2.24) is 15.1 Å². The number of nitrogens with two attached hydrogens (primary N) is 1. The molecule has 1 aliphatic carbocycles. The minimum Gasteiger partial charge on any atom is -0.492 e. The quantitative estimate of drug-likeness (QED) is 0.623. The number of halogens is 1. The van der Waals surface area contributed by atoms with E-state index in [0.29, 0.717) is 41.0 Å². The van der Waals surface area contributed by atoms with Gasteiger partial charge < -0.3 is 25.6 Å². The summed E-state index contributed by atoms with van der Waals surface area (Å²) < 4.78 is 5.69. The number of amides is 2. The number of piperidine rings is 2. The van der Waals surface area contributed by atoms with Crippen LogP contribution in [0.15, 0.2) is 17.7 Å². The van der Waals surface area contributed by atoms with E-state index < -0.39 is 0 Å². The Kier molecular flexibility index (Phi) is 7.02. The largest absolute Gasteiger partial charge is 0.492 e. The molecule has 5 rings (SSSR count). The fourth-order valence-electron chi connectivity index (χ4n) is 5.81. The molecule has 2 amide bonds. The summed E-state index contributed by atoms with van der Waals surface area (Å²) in [7, 11) is 0. The molecule has 7 nitrogen and oxygen atoms in total. The lowest BCUT2D eigenvalue weighted by Crippen LogP contribution is -2.47. The number of carbonyl (C=O) groups excluding carboxylic acids is 2. The van der Waals surface area contributed by atoms with Gasteiger partial charge in [-0.25, -0.2) is 0 Å². The fourth-order valence-corrected chi connectivity index (χ4v) is 6.03. The minimum atomic E-state index is -0.132. The molecule has 3 N–H and O–H groups in total. The van der Waals surface area contributed by atoms with Gasteiger partial charge in [-0.05, 0) is 56.9 Å². The number of fused-ring (bicyclic) bond motifs is 1. The fraction of sp³-hybridized carbons (Fsp3) is 0.615. The van der Waals surface area contributed by atoms with E-state index in [1.807, 2.05) is 0 Å². The first-order valence-corrected chi connectivity index (χ1v) is 13.1. The zero-order valence-corrected chi connectivity index (χ0v) is 20.5. The van der Waals surface area contributed by atoms with Crippen molar-refractivity contribution >= 4 is 29.1 Å². The van der Waals surface area contributed by atoms with Crippen molar-refractivity contribution in [2.75, 3.05) is 45.1 Å². The van der Waals surface area contributed by atoms with Crippen LogP contribution in [0.5, 0.6) is 5.75 Å². The highest BCUT2D eigenvalue weighted by molar-refractivity contribution is 6.33. The lowest BCUT2D eigenvalue weighted by Gasteiger charge is -2.38. The third-order valence-electron chi connectivity index (χ3n) is 7.87. The van der Waals surface area contributed by atoms with Crippen LogP contribution in [0.4, 0.5) is 5.69 Å². The highest BCUT2D eigenvalue weighted by Crippen LogP contribution is 2.38. The predicted octanol–water partition coefficient (Wildman–Crippen LogP) is 3.40. The second-order valence-electron chi connectivity index (χ2n) is 10.1. The number of ether oxygens (including phenoxy) is 1. The van der Waals surface area contributed by atoms with Gasteiger partial charge in [0.15, 0.2) is 0 Å². The van der Waals surface area contributed by atoms with E-state index in [1.165, 1.54) is 0 Å². The van der Waals surface area contributed by atoms with Crippen molar-refractivity contribution in [3.8, 4) is 5.75 Å². The van der Waals surface area contributed by atoms with Gasteiger partial charge in [-0.1, -0.05) is 17.7 Å². The molecule has 1 aromatic carbocycles. The van der Waals surface area contributed by atoms with Crippen LogP contribution in [0.2, 0.25) is 5.02 Å². The SMILES string of the molecule is Nc1c(Cl)cc(C(=O)NC2CCN(CC3CCN(C(=O)C4=CCCC4)CC3)CC2)c2c1CCO2. The number of carbonyl (C=O) groups is 2. The van der Waals surface area contributed by atoms with Gasteiger partial charge in [0.05, 0.1) is 22.9 Å². The maximum atomic E-state index is 13.0. The predicted molar refractivity (Wildman–Crippen MR) is 133 cm³/mol. The molecule has 1 aromatic rings. The van der Waals surface area contributed by atoms with Crippen LogP contribution in [0, 0.1) is 5.92 Å². The third-order valence-corrected chi connectivity index (χ3v) is 8.18. The van der Waals surface area contributed by atoms with E-state index in [4.69, 9.17) is 22.1 Å². The standard InChI is InChI=1S/C26H35ClN4O3/c27-22-15-21(24-20(23(22)28)9-14-34-24)25(32)29-19-7-10-30(11-8-19)16-17-5-12-31(13-6-17)26(33)18-3-1-2-4-18/h3,15,17,19H,1-2,4-14,16,28H2,(H,29,32). The molecule has 0 bridgehead atoms. The van der Waals surface area contributed by atoms with E-state index in [0.717, 1.165) is 88.8 Å². The first-order valence-electron chi connectivity index (χ1n) is 12.7. The van der Waals surface area contributed by atoms with Crippen molar-refractivity contribution < 1.29 is 14.3 Å². The number of hydrogen-bond acceptors (Lipinski definition) is 5. The molecule has 4 aliphatic rings. The summed E-state index contributed by atoms with van der Waals surface area (Å²) in [6.07, 6.45) is 9.97. The Balaban J connectivity index is 1.07. The Morgan fingerprint density at radius 3 is 2.59 bits per heavy atom. The van der Waals surface area contributed by atoms with Gasteiger partial charge in [0, 0.05) is 56.3 Å². The Labute approximate surface area is 206 Å². The molecule has 0 spiro atoms. The Morgan fingerprint density at radius 2 is 1.88 bits per heavy atom. The average Bonchev–Trinajstić information content (AvgIpc) is 3.55. The molecular formula is C26H35ClN4O3. The Bertz CT molecular complexity index is 979. The molecule has 0 atom stereocenters. The summed E-state index contributed by atoms with van der Waals surface area (Å²) in [4.78, 5) is 30.2. The summed E-state index contributed by atoms with van der Waals surface area (Å²) in [5, 5.41) is 3.60. The van der Waals surface area contributed by atoms with Gasteiger partial charge in [-0.3, -0.25) is 9.59 Å². The van der Waals surface area contributed by atoms with Crippen molar-refractivity contribution in [1.29, 1.82) is 0 Å². The van der Waals surface area contributed by atoms with Crippen LogP contribution in [-0.2, 0) is 11.2 Å². The van der Waals surface area contributed by atoms with Gasteiger partial charge in [0.25, 0.3) is 5.91 Å². The van der Waals surface area contributed by atoms with Crippen LogP contribution >= 0.6 is 11.6 Å². The topological polar surface area (TPSA) is 87.9 Å². The van der Waals surface area contributed by atoms with Crippen molar-refractivity contribution in [3.63, 3.8) is 0 Å². The number of anilines is 1. The maximum absolute atomic E-state index is 13.0. The molecule has 2 fully saturated rings. The molecule has 0 aromatic heterocycles. The first kappa shape index (κ1) is 23.5. The zero-order chi connectivity index (χ0) is 23.7. The number of nitrogens with one attached hydrogen (secondary N) is 1. The molecular weight excluding hydrogens is 452 g/mol.